The van der Waals surface area contributed by atoms with Gasteiger partial charge in [-0.15, -0.1) is 0 Å². The Labute approximate surface area is 862 Å². The second-order valence-corrected chi connectivity index (χ2v) is 38.8. The summed E-state index contributed by atoms with van der Waals surface area (Å²) >= 11 is 0. The average Bonchev–Trinajstić information content (AvgIpc) is 0.784. The number of ether oxygens (including phenoxy) is 2. The van der Waals surface area contributed by atoms with Gasteiger partial charge in [-0.3, -0.25) is 38.4 Å². The first-order chi connectivity index (χ1) is 70.4. The van der Waals surface area contributed by atoms with Gasteiger partial charge in [-0.05, 0) is 274 Å². The fourth-order valence-electron chi connectivity index (χ4n) is 18.8. The summed E-state index contributed by atoms with van der Waals surface area (Å²) in [4.78, 5) is 159. The van der Waals surface area contributed by atoms with E-state index in [0.717, 1.165) is 140 Å². The van der Waals surface area contributed by atoms with Crippen LogP contribution < -0.4 is 21.3 Å². The fourth-order valence-corrected chi connectivity index (χ4v) is 18.8. The molecule has 3 aliphatic heterocycles. The van der Waals surface area contributed by atoms with E-state index < -0.39 is 101 Å². The number of carbonyl (C=O) groups is 12. The van der Waals surface area contributed by atoms with Crippen LogP contribution in [-0.4, -0.2) is 154 Å². The number of methoxy groups -OCH3 is 2. The summed E-state index contributed by atoms with van der Waals surface area (Å²) in [6.07, 6.45) is 10.3. The molecule has 0 aliphatic carbocycles. The number of hydrogen-bond donors (Lipinski definition) is 8. The number of nitrogens with zero attached hydrogens (tertiary/aromatic N) is 2. The summed E-state index contributed by atoms with van der Waals surface area (Å²) in [7, 11) is 7.49. The number of aromatic hydroxyl groups is 2. The molecular formula is C123H136N6O18. The van der Waals surface area contributed by atoms with Crippen LogP contribution in [0.2, 0.25) is 0 Å². The first kappa shape index (κ1) is 110. The molecule has 8 N–H and O–H groups in total. The van der Waals surface area contributed by atoms with Crippen LogP contribution in [0.3, 0.4) is 0 Å². The first-order valence-corrected chi connectivity index (χ1v) is 50.4. The molecule has 15 rings (SSSR count). The summed E-state index contributed by atoms with van der Waals surface area (Å²) in [6.45, 7) is 19.5. The molecule has 12 aromatic carbocycles. The third kappa shape index (κ3) is 28.2. The van der Waals surface area contributed by atoms with Gasteiger partial charge in [0.1, 0.15) is 41.7 Å². The van der Waals surface area contributed by atoms with E-state index in [1.54, 1.807) is 76.5 Å². The van der Waals surface area contributed by atoms with Gasteiger partial charge in [0, 0.05) is 94.1 Å². The van der Waals surface area contributed by atoms with Crippen molar-refractivity contribution in [1.29, 1.82) is 0 Å². The average molecular weight is 1990 g/mol. The summed E-state index contributed by atoms with van der Waals surface area (Å²) in [6, 6.07) is 74.1. The lowest BCUT2D eigenvalue weighted by atomic mass is 9.87. The molecule has 24 nitrogen and oxygen atoms in total. The number of esters is 2. The summed E-state index contributed by atoms with van der Waals surface area (Å²) in [5, 5.41) is 51.5. The topological polar surface area (TPSA) is 359 Å². The van der Waals surface area contributed by atoms with Gasteiger partial charge >= 0.3 is 23.9 Å². The number of benzene rings is 12. The molecule has 0 spiro atoms. The molecule has 3 aliphatic rings. The number of aliphatic carboxylic acids is 1. The minimum atomic E-state index is -1.29. The molecule has 12 aromatic rings. The zero-order chi connectivity index (χ0) is 106. The number of fused-ring (bicyclic) bond motifs is 15. The van der Waals surface area contributed by atoms with Crippen LogP contribution in [0, 0.1) is 45.4 Å². The minimum Gasteiger partial charge on any atom is -0.507 e. The van der Waals surface area contributed by atoms with Crippen molar-refractivity contribution in [3.8, 4) is 78.3 Å². The number of carboxylic acid groups (broad SMARTS) is 2. The number of phenolic OH excluding ortho intramolecular Hbond substituents is 2. The van der Waals surface area contributed by atoms with E-state index in [2.05, 4.69) is 127 Å². The molecule has 0 saturated carbocycles. The third-order valence-electron chi connectivity index (χ3n) is 27.8. The van der Waals surface area contributed by atoms with E-state index in [1.807, 2.05) is 125 Å². The van der Waals surface area contributed by atoms with Crippen LogP contribution in [0.4, 0.5) is 0 Å². The molecule has 3 heterocycles. The van der Waals surface area contributed by atoms with Crippen molar-refractivity contribution in [2.45, 2.75) is 202 Å². The Balaban J connectivity index is 0.000000197. The van der Waals surface area contributed by atoms with Crippen molar-refractivity contribution >= 4 is 70.8 Å². The summed E-state index contributed by atoms with van der Waals surface area (Å²) in [5.74, 6) is -8.69. The normalized spacial score (nSPS) is 17.8. The standard InChI is InChI=1S/C42H46N2O5.C39H40N2O7.C25H30N2O4.C17H18O2.H2/c1-7-8-9-29-13-16-31(17-14-29)32-18-20-33(21-19-32)41(47)44(5)39-34-15-11-27(3)36(25-34)35-23-30(12-10-26(35)2)24-37(42(48)49-6)43-40(46)28(4)22-38(39)45;1-4-5-6-24-7-10-26(11-8-24)27-12-14-28(15-13-27)38(46)41(3)36-29-16-18-34(43)31(22-29)30-20-25(9-17-33(30)42)21-32(39(47)48)40-37(45)23(2)19-35(36)44;1-14-6-8-17-11-19(14)20-13-18(9-7-15(20)2)23(26-4)22(28)10-16(3)24(29)27-21(12-17)25(30)31-5;1-2-3-4-13-5-7-14(8-6-13)15-9-11-16(12-10-15)17(18)19;/h10-21,23,25,28,37,39H,7-9,22,24H2,1-6H3,(H,43,46);7-18,20,22-23,32,36,42-43H,4-6,19,21H2,1-3H3,(H,40,45)(H,47,48);6-9,11,13,16,21,23,26H,10,12H2,1-5H3,(H,27,29);5-12H,2-4H2,1H3,(H,18,19);1H/t28-,37+,39+;23-,32+,36+;16-,21+,23+;;/m111../s1. The molecular weight excluding hydrogens is 1850 g/mol. The van der Waals surface area contributed by atoms with E-state index in [9.17, 15) is 72.9 Å². The van der Waals surface area contributed by atoms with E-state index in [1.165, 1.54) is 91.8 Å². The number of aryl methyl sites for hydroxylation is 7. The Morgan fingerprint density at radius 1 is 0.354 bits per heavy atom. The first-order valence-electron chi connectivity index (χ1n) is 50.4. The lowest BCUT2D eigenvalue weighted by molar-refractivity contribution is -0.146. The van der Waals surface area contributed by atoms with Gasteiger partial charge in [-0.2, -0.15) is 0 Å². The van der Waals surface area contributed by atoms with Crippen LogP contribution in [0.5, 0.6) is 11.5 Å². The number of likely N-dealkylation sites (N-methyl/N-ethyl adjacent to an activating group) is 3. The monoisotopic (exact) mass is 1980 g/mol. The highest BCUT2D eigenvalue weighted by Crippen LogP contribution is 2.42. The van der Waals surface area contributed by atoms with E-state index in [-0.39, 0.29) is 79.5 Å². The second kappa shape index (κ2) is 51.3. The Kier molecular flexibility index (Phi) is 38.5. The summed E-state index contributed by atoms with van der Waals surface area (Å²) < 4.78 is 9.93. The van der Waals surface area contributed by atoms with Gasteiger partial charge < -0.3 is 61.0 Å². The van der Waals surface area contributed by atoms with Crippen molar-refractivity contribution in [1.82, 2.24) is 31.1 Å². The predicted octanol–water partition coefficient (Wildman–Crippen LogP) is 21.6. The quantitative estimate of drug-likeness (QED) is 0.0310. The molecule has 0 radical (unpaired) electrons. The van der Waals surface area contributed by atoms with Gasteiger partial charge in [0.15, 0.2) is 17.3 Å². The minimum absolute atomic E-state index is 0. The van der Waals surface area contributed by atoms with Crippen LogP contribution in [0.1, 0.15) is 222 Å². The maximum Gasteiger partial charge on any atom is 0.335 e. The number of hydrogen-bond acceptors (Lipinski definition) is 17. The number of rotatable bonds is 21. The number of carboxylic acids is 2. The Morgan fingerprint density at radius 2 is 0.633 bits per heavy atom. The SMILES string of the molecule is CCCCc1ccc(-c2ccc(C(=O)N(C)[C@@H]3C(=O)C[C@@H](C)C(=O)N[C@H](C(=O)O)Cc4ccc(O)c(c4)-c4cc3ccc4O)cc2)cc1.CCCCc1ccc(-c2ccc(C(=O)N(C)[C@@H]3C(=O)C[C@@H](C)C(=O)N[C@H](C(=O)OC)Cc4ccc(C)c(c4)-c4cc3ccc4C)cc2)cc1.CCCCc1ccc(-c2ccc(C(=O)O)cc2)cc1.CN[C@@H]1C(=O)C[C@@H](C)C(=O)N[C@H](C(=O)OC)Cc2ccc(C)c(c2)-c2cc1ccc2C.[HH]. The molecule has 12 bridgehead atoms. The van der Waals surface area contributed by atoms with E-state index in [0.29, 0.717) is 39.8 Å². The van der Waals surface area contributed by atoms with Crippen molar-refractivity contribution in [2.75, 3.05) is 35.4 Å². The van der Waals surface area contributed by atoms with Gasteiger partial charge in [0.2, 0.25) is 17.7 Å². The van der Waals surface area contributed by atoms with Crippen LogP contribution in [-0.2, 0) is 91.1 Å². The van der Waals surface area contributed by atoms with Crippen LogP contribution in [0.25, 0.3) is 66.8 Å². The zero-order valence-corrected chi connectivity index (χ0v) is 86.5. The molecule has 24 heteroatoms. The smallest absolute Gasteiger partial charge is 0.335 e. The molecule has 0 fully saturated rings. The van der Waals surface area contributed by atoms with Gasteiger partial charge in [0.25, 0.3) is 11.8 Å². The zero-order valence-electron chi connectivity index (χ0n) is 86.5. The Bertz CT molecular complexity index is 6780. The Morgan fingerprint density at radius 3 is 0.980 bits per heavy atom. The molecule has 9 atom stereocenters. The van der Waals surface area contributed by atoms with Gasteiger partial charge in [0.05, 0.1) is 25.8 Å². The lowest BCUT2D eigenvalue weighted by Gasteiger charge is -2.30. The maximum absolute atomic E-state index is 14.2. The summed E-state index contributed by atoms with van der Waals surface area (Å²) in [5.41, 5.74) is 24.1. The van der Waals surface area contributed by atoms with Crippen molar-refractivity contribution in [3.05, 3.63) is 344 Å². The van der Waals surface area contributed by atoms with Crippen LogP contribution >= 0.6 is 0 Å². The number of Topliss-reactive ketones (excluding diaryl/α,β-unsaturated/α-hetero) is 3. The van der Waals surface area contributed by atoms with E-state index >= 15 is 0 Å². The largest absolute Gasteiger partial charge is 0.507 e. The molecule has 147 heavy (non-hydrogen) atoms. The van der Waals surface area contributed by atoms with Gasteiger partial charge in [-0.1, -0.05) is 243 Å². The Hall–Kier alpha value is -15.6. The molecule has 0 saturated heterocycles. The molecule has 0 unspecified atom stereocenters. The third-order valence-corrected chi connectivity index (χ3v) is 27.8. The maximum atomic E-state index is 14.2. The highest BCUT2D eigenvalue weighted by atomic mass is 16.5. The van der Waals surface area contributed by atoms with Gasteiger partial charge in [-0.25, -0.2) is 19.2 Å². The number of amides is 5. The highest BCUT2D eigenvalue weighted by Gasteiger charge is 2.38. The van der Waals surface area contributed by atoms with E-state index in [4.69, 9.17) is 14.6 Å². The van der Waals surface area contributed by atoms with Crippen molar-refractivity contribution in [2.24, 2.45) is 17.8 Å². The van der Waals surface area contributed by atoms with Crippen LogP contribution in [0.15, 0.2) is 255 Å². The molecule has 0 aromatic heterocycles. The molecule has 5 amide bonds. The van der Waals surface area contributed by atoms with Crippen molar-refractivity contribution < 1.29 is 88.9 Å². The number of carbonyl (C=O) groups excluding carboxylic acids is 10. The second-order valence-electron chi connectivity index (χ2n) is 38.8. The number of unbranched alkanes of at least 4 members (excludes halogenated alkanes) is 3. The van der Waals surface area contributed by atoms with Crippen molar-refractivity contribution in [3.63, 3.8) is 0 Å². The molecule has 766 valence electrons. The number of aromatic carboxylic acids is 1. The predicted molar refractivity (Wildman–Crippen MR) is 575 cm³/mol. The lowest BCUT2D eigenvalue weighted by Crippen LogP contribution is -2.46. The highest BCUT2D eigenvalue weighted by molar-refractivity contribution is 6.02. The number of phenols is 2. The fraction of sp³-hybridized carbons (Fsp3) is 0.317. The number of nitrogens with one attached hydrogen (secondary N) is 4. The number of ketones is 3.